The molecule has 0 aliphatic rings. The molecule has 1 unspecified atom stereocenters. The molecule has 0 radical (unpaired) electrons. The lowest BCUT2D eigenvalue weighted by Gasteiger charge is -2.18. The molecule has 0 saturated heterocycles. The Balaban J connectivity index is 1.75. The maximum absolute atomic E-state index is 12.0. The van der Waals surface area contributed by atoms with E-state index in [0.29, 0.717) is 23.9 Å². The lowest BCUT2D eigenvalue weighted by atomic mass is 10.1. The summed E-state index contributed by atoms with van der Waals surface area (Å²) >= 11 is 5.90. The van der Waals surface area contributed by atoms with Crippen molar-refractivity contribution in [2.45, 2.75) is 13.0 Å². The summed E-state index contributed by atoms with van der Waals surface area (Å²) in [6.07, 6.45) is 0. The van der Waals surface area contributed by atoms with Crippen LogP contribution in [0.25, 0.3) is 0 Å². The van der Waals surface area contributed by atoms with E-state index in [9.17, 15) is 4.79 Å². The van der Waals surface area contributed by atoms with Gasteiger partial charge in [0.25, 0.3) is 0 Å². The van der Waals surface area contributed by atoms with Gasteiger partial charge in [-0.3, -0.25) is 4.79 Å². The van der Waals surface area contributed by atoms with Crippen molar-refractivity contribution in [1.29, 1.82) is 0 Å². The van der Waals surface area contributed by atoms with Gasteiger partial charge in [0.2, 0.25) is 5.91 Å². The van der Waals surface area contributed by atoms with E-state index in [0.717, 1.165) is 17.1 Å². The second kappa shape index (κ2) is 10.6. The normalized spacial score (nSPS) is 11.6. The van der Waals surface area contributed by atoms with Gasteiger partial charge in [-0.2, -0.15) is 0 Å². The Morgan fingerprint density at radius 2 is 1.93 bits per heavy atom. The highest BCUT2D eigenvalue weighted by Crippen LogP contribution is 2.29. The first-order chi connectivity index (χ1) is 13.0. The van der Waals surface area contributed by atoms with Gasteiger partial charge in [0.1, 0.15) is 23.9 Å². The van der Waals surface area contributed by atoms with Crippen molar-refractivity contribution in [3.8, 4) is 17.2 Å². The number of hydrogen-bond donors (Lipinski definition) is 2. The number of amides is 1. The largest absolute Gasteiger partial charge is 0.497 e. The van der Waals surface area contributed by atoms with E-state index in [1.807, 2.05) is 37.3 Å². The van der Waals surface area contributed by atoms with E-state index in [4.69, 9.17) is 25.8 Å². The number of hydrogen-bond acceptors (Lipinski definition) is 5. The minimum Gasteiger partial charge on any atom is -0.497 e. The van der Waals surface area contributed by atoms with Gasteiger partial charge in [0, 0.05) is 16.6 Å². The maximum atomic E-state index is 12.0. The van der Waals surface area contributed by atoms with Crippen LogP contribution in [0.2, 0.25) is 5.02 Å². The zero-order chi connectivity index (χ0) is 19.6. The summed E-state index contributed by atoms with van der Waals surface area (Å²) in [5, 5.41) is 6.61. The average molecular weight is 393 g/mol. The Bertz CT molecular complexity index is 755. The summed E-state index contributed by atoms with van der Waals surface area (Å²) < 4.78 is 16.2. The van der Waals surface area contributed by atoms with Gasteiger partial charge in [-0.15, -0.1) is 0 Å². The number of ether oxygens (including phenoxy) is 3. The Labute approximate surface area is 164 Å². The van der Waals surface area contributed by atoms with E-state index in [1.54, 1.807) is 26.4 Å². The summed E-state index contributed by atoms with van der Waals surface area (Å²) in [7, 11) is 3.23. The second-order valence-corrected chi connectivity index (χ2v) is 6.30. The molecule has 2 N–H and O–H groups in total. The van der Waals surface area contributed by atoms with Crippen molar-refractivity contribution in [1.82, 2.24) is 10.6 Å². The third-order valence-corrected chi connectivity index (χ3v) is 4.20. The van der Waals surface area contributed by atoms with E-state index >= 15 is 0 Å². The molecule has 146 valence electrons. The number of nitrogens with one attached hydrogen (secondary N) is 2. The fourth-order valence-electron chi connectivity index (χ4n) is 2.51. The number of halogens is 1. The summed E-state index contributed by atoms with van der Waals surface area (Å²) in [6, 6.07) is 12.6. The molecule has 6 nitrogen and oxygen atoms in total. The Morgan fingerprint density at radius 3 is 2.63 bits per heavy atom. The van der Waals surface area contributed by atoms with Gasteiger partial charge in [-0.1, -0.05) is 17.7 Å². The molecule has 0 saturated carbocycles. The van der Waals surface area contributed by atoms with Crippen molar-refractivity contribution in [3.05, 3.63) is 53.1 Å². The van der Waals surface area contributed by atoms with Gasteiger partial charge >= 0.3 is 0 Å². The minimum atomic E-state index is -0.113. The maximum Gasteiger partial charge on any atom is 0.234 e. The number of rotatable bonds is 10. The van der Waals surface area contributed by atoms with Crippen LogP contribution in [0.5, 0.6) is 17.2 Å². The minimum absolute atomic E-state index is 0.0801. The predicted molar refractivity (Wildman–Crippen MR) is 106 cm³/mol. The van der Waals surface area contributed by atoms with Crippen LogP contribution in [-0.2, 0) is 4.79 Å². The molecule has 2 rings (SSSR count). The molecule has 0 aromatic heterocycles. The van der Waals surface area contributed by atoms with E-state index in [1.165, 1.54) is 0 Å². The van der Waals surface area contributed by atoms with Crippen LogP contribution >= 0.6 is 11.6 Å². The molecule has 0 bridgehead atoms. The smallest absolute Gasteiger partial charge is 0.234 e. The highest BCUT2D eigenvalue weighted by atomic mass is 35.5. The molecule has 1 amide bonds. The molecular weight excluding hydrogens is 368 g/mol. The first-order valence-corrected chi connectivity index (χ1v) is 9.01. The molecule has 0 fully saturated rings. The standard InChI is InChI=1S/C20H25ClN2O4/c1-14(18-12-16(25-2)7-8-19(18)26-3)23-13-20(24)22-9-10-27-17-6-4-5-15(21)11-17/h4-8,11-12,14,23H,9-10,13H2,1-3H3,(H,22,24). The van der Waals surface area contributed by atoms with Gasteiger partial charge in [0.05, 0.1) is 27.3 Å². The molecule has 7 heteroatoms. The molecule has 2 aromatic rings. The molecule has 0 aliphatic carbocycles. The number of methoxy groups -OCH3 is 2. The fourth-order valence-corrected chi connectivity index (χ4v) is 2.69. The van der Waals surface area contributed by atoms with E-state index in [2.05, 4.69) is 10.6 Å². The summed E-state index contributed by atoms with van der Waals surface area (Å²) in [4.78, 5) is 12.0. The van der Waals surface area contributed by atoms with Crippen LogP contribution in [0.15, 0.2) is 42.5 Å². The predicted octanol–water partition coefficient (Wildman–Crippen LogP) is 3.20. The molecule has 2 aromatic carbocycles. The van der Waals surface area contributed by atoms with Crippen LogP contribution in [0, 0.1) is 0 Å². The fraction of sp³-hybridized carbons (Fsp3) is 0.350. The van der Waals surface area contributed by atoms with Gasteiger partial charge < -0.3 is 24.8 Å². The third-order valence-electron chi connectivity index (χ3n) is 3.96. The Hall–Kier alpha value is -2.44. The SMILES string of the molecule is COc1ccc(OC)c(C(C)NCC(=O)NCCOc2cccc(Cl)c2)c1. The van der Waals surface area contributed by atoms with E-state index in [-0.39, 0.29) is 18.5 Å². The molecule has 1 atom stereocenters. The van der Waals surface area contributed by atoms with Crippen molar-refractivity contribution in [2.24, 2.45) is 0 Å². The number of carbonyl (C=O) groups excluding carboxylic acids is 1. The van der Waals surface area contributed by atoms with Crippen LogP contribution in [0.4, 0.5) is 0 Å². The lowest BCUT2D eigenvalue weighted by molar-refractivity contribution is -0.120. The van der Waals surface area contributed by atoms with Gasteiger partial charge in [-0.25, -0.2) is 0 Å². The topological polar surface area (TPSA) is 68.8 Å². The van der Waals surface area contributed by atoms with Crippen LogP contribution < -0.4 is 24.8 Å². The van der Waals surface area contributed by atoms with Crippen molar-refractivity contribution < 1.29 is 19.0 Å². The lowest BCUT2D eigenvalue weighted by Crippen LogP contribution is -2.37. The third kappa shape index (κ3) is 6.66. The van der Waals surface area contributed by atoms with Crippen molar-refractivity contribution in [3.63, 3.8) is 0 Å². The van der Waals surface area contributed by atoms with Gasteiger partial charge in [0.15, 0.2) is 0 Å². The summed E-state index contributed by atoms with van der Waals surface area (Å²) in [6.45, 7) is 2.92. The van der Waals surface area contributed by atoms with Crippen molar-refractivity contribution in [2.75, 3.05) is 33.9 Å². The summed E-state index contributed by atoms with van der Waals surface area (Å²) in [5.74, 6) is 2.04. The number of carbonyl (C=O) groups is 1. The second-order valence-electron chi connectivity index (χ2n) is 5.87. The highest BCUT2D eigenvalue weighted by Gasteiger charge is 2.13. The average Bonchev–Trinajstić information content (AvgIpc) is 2.69. The molecule has 27 heavy (non-hydrogen) atoms. The van der Waals surface area contributed by atoms with Crippen LogP contribution in [-0.4, -0.2) is 39.8 Å². The Kier molecular flexibility index (Phi) is 8.23. The Morgan fingerprint density at radius 1 is 1.11 bits per heavy atom. The van der Waals surface area contributed by atoms with E-state index < -0.39 is 0 Å². The van der Waals surface area contributed by atoms with Crippen LogP contribution in [0.3, 0.4) is 0 Å². The summed E-state index contributed by atoms with van der Waals surface area (Å²) in [5.41, 5.74) is 0.925. The number of benzene rings is 2. The highest BCUT2D eigenvalue weighted by molar-refractivity contribution is 6.30. The van der Waals surface area contributed by atoms with Crippen LogP contribution in [0.1, 0.15) is 18.5 Å². The molecule has 0 heterocycles. The monoisotopic (exact) mass is 392 g/mol. The quantitative estimate of drug-likeness (QED) is 0.608. The molecule has 0 aliphatic heterocycles. The molecular formula is C20H25ClN2O4. The van der Waals surface area contributed by atoms with Crippen molar-refractivity contribution >= 4 is 17.5 Å². The first-order valence-electron chi connectivity index (χ1n) is 8.64. The van der Waals surface area contributed by atoms with Gasteiger partial charge in [-0.05, 0) is 43.3 Å². The zero-order valence-corrected chi connectivity index (χ0v) is 16.5. The zero-order valence-electron chi connectivity index (χ0n) is 15.8. The first kappa shape index (κ1) is 20.9. The molecule has 0 spiro atoms.